The fourth-order valence-electron chi connectivity index (χ4n) is 1.99. The lowest BCUT2D eigenvalue weighted by atomic mass is 10.0. The number of hydrogen-bond acceptors (Lipinski definition) is 3. The van der Waals surface area contributed by atoms with Crippen LogP contribution in [0.3, 0.4) is 0 Å². The van der Waals surface area contributed by atoms with E-state index in [0.29, 0.717) is 0 Å². The standard InChI is InChI=1S/C15H16BrNO2/c1-18-14-5-3-4-12(15(14)19-2)13(16)10-11-6-8-17-9-7-11/h3-9,13H,10H2,1-2H3. The Kier molecular flexibility index (Phi) is 4.80. The van der Waals surface area contributed by atoms with Crippen LogP contribution in [0.5, 0.6) is 11.5 Å². The SMILES string of the molecule is COc1cccc(C(Br)Cc2ccncc2)c1OC. The molecule has 1 heterocycles. The summed E-state index contributed by atoms with van der Waals surface area (Å²) in [4.78, 5) is 4.19. The van der Waals surface area contributed by atoms with Crippen LogP contribution in [-0.2, 0) is 6.42 Å². The third-order valence-electron chi connectivity index (χ3n) is 2.94. The molecule has 0 aliphatic carbocycles. The van der Waals surface area contributed by atoms with Crippen LogP contribution in [0.15, 0.2) is 42.7 Å². The highest BCUT2D eigenvalue weighted by atomic mass is 79.9. The smallest absolute Gasteiger partial charge is 0.165 e. The maximum Gasteiger partial charge on any atom is 0.165 e. The molecule has 0 saturated carbocycles. The molecule has 1 aromatic heterocycles. The molecule has 19 heavy (non-hydrogen) atoms. The number of hydrogen-bond donors (Lipinski definition) is 0. The van der Waals surface area contributed by atoms with Crippen molar-refractivity contribution >= 4 is 15.9 Å². The Labute approximate surface area is 121 Å². The van der Waals surface area contributed by atoms with E-state index in [1.165, 1.54) is 5.56 Å². The summed E-state index contributed by atoms with van der Waals surface area (Å²) in [6.45, 7) is 0. The van der Waals surface area contributed by atoms with Gasteiger partial charge in [-0.05, 0) is 30.2 Å². The van der Waals surface area contributed by atoms with Crippen molar-refractivity contribution in [1.29, 1.82) is 0 Å². The van der Waals surface area contributed by atoms with Crippen LogP contribution in [0.4, 0.5) is 0 Å². The fraction of sp³-hybridized carbons (Fsp3) is 0.267. The zero-order valence-corrected chi connectivity index (χ0v) is 12.6. The zero-order chi connectivity index (χ0) is 13.7. The molecule has 2 rings (SSSR count). The Balaban J connectivity index is 2.26. The zero-order valence-electron chi connectivity index (χ0n) is 11.0. The monoisotopic (exact) mass is 321 g/mol. The third kappa shape index (κ3) is 3.26. The van der Waals surface area contributed by atoms with Crippen LogP contribution in [0.1, 0.15) is 16.0 Å². The lowest BCUT2D eigenvalue weighted by molar-refractivity contribution is 0.351. The van der Waals surface area contributed by atoms with Crippen LogP contribution < -0.4 is 9.47 Å². The number of aromatic nitrogens is 1. The number of para-hydroxylation sites is 1. The molecule has 100 valence electrons. The van der Waals surface area contributed by atoms with Crippen LogP contribution in [-0.4, -0.2) is 19.2 Å². The summed E-state index contributed by atoms with van der Waals surface area (Å²) in [5.41, 5.74) is 2.31. The highest BCUT2D eigenvalue weighted by molar-refractivity contribution is 9.09. The second-order valence-corrected chi connectivity index (χ2v) is 5.22. The number of rotatable bonds is 5. The summed E-state index contributed by atoms with van der Waals surface area (Å²) in [6.07, 6.45) is 4.47. The first-order chi connectivity index (χ1) is 9.26. The van der Waals surface area contributed by atoms with Crippen molar-refractivity contribution in [1.82, 2.24) is 4.98 Å². The van der Waals surface area contributed by atoms with Gasteiger partial charge in [-0.2, -0.15) is 0 Å². The maximum absolute atomic E-state index is 5.46. The second kappa shape index (κ2) is 6.57. The Morgan fingerprint density at radius 1 is 1.11 bits per heavy atom. The van der Waals surface area contributed by atoms with E-state index in [9.17, 15) is 0 Å². The summed E-state index contributed by atoms with van der Waals surface area (Å²) < 4.78 is 10.8. The van der Waals surface area contributed by atoms with Crippen molar-refractivity contribution in [3.05, 3.63) is 53.9 Å². The number of methoxy groups -OCH3 is 2. The molecule has 1 atom stereocenters. The van der Waals surface area contributed by atoms with Crippen LogP contribution in [0.25, 0.3) is 0 Å². The normalized spacial score (nSPS) is 11.9. The first-order valence-corrected chi connectivity index (χ1v) is 6.91. The highest BCUT2D eigenvalue weighted by Gasteiger charge is 2.17. The minimum Gasteiger partial charge on any atom is -0.493 e. The second-order valence-electron chi connectivity index (χ2n) is 4.11. The van der Waals surface area contributed by atoms with Crippen molar-refractivity contribution in [3.63, 3.8) is 0 Å². The topological polar surface area (TPSA) is 31.4 Å². The van der Waals surface area contributed by atoms with Gasteiger partial charge >= 0.3 is 0 Å². The van der Waals surface area contributed by atoms with Gasteiger partial charge < -0.3 is 9.47 Å². The minimum absolute atomic E-state index is 0.167. The lowest BCUT2D eigenvalue weighted by Gasteiger charge is -2.16. The largest absolute Gasteiger partial charge is 0.493 e. The number of pyridine rings is 1. The quantitative estimate of drug-likeness (QED) is 0.785. The summed E-state index contributed by atoms with van der Waals surface area (Å²) in [5.74, 6) is 1.53. The molecule has 0 bridgehead atoms. The van der Waals surface area contributed by atoms with Crippen molar-refractivity contribution in [3.8, 4) is 11.5 Å². The van der Waals surface area contributed by atoms with Crippen LogP contribution >= 0.6 is 15.9 Å². The van der Waals surface area contributed by atoms with E-state index in [1.807, 2.05) is 30.3 Å². The van der Waals surface area contributed by atoms with Crippen molar-refractivity contribution in [2.24, 2.45) is 0 Å². The number of alkyl halides is 1. The van der Waals surface area contributed by atoms with E-state index in [-0.39, 0.29) is 4.83 Å². The number of benzene rings is 1. The molecule has 0 N–H and O–H groups in total. The number of ether oxygens (including phenoxy) is 2. The van der Waals surface area contributed by atoms with E-state index in [1.54, 1.807) is 26.6 Å². The van der Waals surface area contributed by atoms with Crippen LogP contribution in [0, 0.1) is 0 Å². The molecule has 0 spiro atoms. The van der Waals surface area contributed by atoms with Gasteiger partial charge in [-0.1, -0.05) is 28.1 Å². The van der Waals surface area contributed by atoms with Crippen molar-refractivity contribution in [2.45, 2.75) is 11.2 Å². The van der Waals surface area contributed by atoms with Crippen LogP contribution in [0.2, 0.25) is 0 Å². The van der Waals surface area contributed by atoms with Gasteiger partial charge in [0.1, 0.15) is 0 Å². The van der Waals surface area contributed by atoms with Crippen molar-refractivity contribution in [2.75, 3.05) is 14.2 Å². The van der Waals surface area contributed by atoms with Gasteiger partial charge in [-0.15, -0.1) is 0 Å². The Bertz CT molecular complexity index is 531. The molecule has 0 radical (unpaired) electrons. The molecule has 0 aliphatic heterocycles. The van der Waals surface area contributed by atoms with E-state index >= 15 is 0 Å². The molecule has 0 amide bonds. The third-order valence-corrected chi connectivity index (χ3v) is 3.75. The number of halogens is 1. The van der Waals surface area contributed by atoms with E-state index < -0.39 is 0 Å². The molecule has 1 aromatic carbocycles. The summed E-state index contributed by atoms with van der Waals surface area (Å²) in [7, 11) is 3.31. The predicted octanol–water partition coefficient (Wildman–Crippen LogP) is 3.78. The van der Waals surface area contributed by atoms with E-state index in [0.717, 1.165) is 23.5 Å². The number of nitrogens with zero attached hydrogens (tertiary/aromatic N) is 1. The lowest BCUT2D eigenvalue weighted by Crippen LogP contribution is -2.00. The Morgan fingerprint density at radius 2 is 1.84 bits per heavy atom. The van der Waals surface area contributed by atoms with Gasteiger partial charge in [0.05, 0.1) is 14.2 Å². The summed E-state index contributed by atoms with van der Waals surface area (Å²) in [5, 5.41) is 0. The molecule has 1 unspecified atom stereocenters. The molecule has 0 fully saturated rings. The average molecular weight is 322 g/mol. The predicted molar refractivity (Wildman–Crippen MR) is 79.2 cm³/mol. The Hall–Kier alpha value is -1.55. The minimum atomic E-state index is 0.167. The van der Waals surface area contributed by atoms with Gasteiger partial charge in [0.25, 0.3) is 0 Å². The van der Waals surface area contributed by atoms with Gasteiger partial charge in [0.2, 0.25) is 0 Å². The highest BCUT2D eigenvalue weighted by Crippen LogP contribution is 2.39. The van der Waals surface area contributed by atoms with E-state index in [4.69, 9.17) is 9.47 Å². The molecule has 2 aromatic rings. The summed E-state index contributed by atoms with van der Waals surface area (Å²) in [6, 6.07) is 9.94. The molecule has 0 aliphatic rings. The maximum atomic E-state index is 5.46. The van der Waals surface area contributed by atoms with Gasteiger partial charge in [-0.25, -0.2) is 0 Å². The Morgan fingerprint density at radius 3 is 2.47 bits per heavy atom. The van der Waals surface area contributed by atoms with Gasteiger partial charge in [0, 0.05) is 22.8 Å². The van der Waals surface area contributed by atoms with Gasteiger partial charge in [-0.3, -0.25) is 4.98 Å². The molecule has 0 saturated heterocycles. The molecule has 3 nitrogen and oxygen atoms in total. The first kappa shape index (κ1) is 13.9. The first-order valence-electron chi connectivity index (χ1n) is 6.00. The molecule has 4 heteroatoms. The molecular weight excluding hydrogens is 306 g/mol. The molecular formula is C15H16BrNO2. The van der Waals surface area contributed by atoms with Crippen molar-refractivity contribution < 1.29 is 9.47 Å². The van der Waals surface area contributed by atoms with Gasteiger partial charge in [0.15, 0.2) is 11.5 Å². The fourth-order valence-corrected chi connectivity index (χ4v) is 2.73. The average Bonchev–Trinajstić information content (AvgIpc) is 2.47. The summed E-state index contributed by atoms with van der Waals surface area (Å²) >= 11 is 3.72. The van der Waals surface area contributed by atoms with E-state index in [2.05, 4.69) is 20.9 Å².